The lowest BCUT2D eigenvalue weighted by Gasteiger charge is -2.16. The van der Waals surface area contributed by atoms with Gasteiger partial charge in [-0.25, -0.2) is 0 Å². The molecule has 1 aliphatic heterocycles. The third-order valence-electron chi connectivity index (χ3n) is 3.56. The average molecular weight is 322 g/mol. The highest BCUT2D eigenvalue weighted by Gasteiger charge is 2.29. The van der Waals surface area contributed by atoms with Crippen molar-refractivity contribution in [2.75, 3.05) is 39.1 Å². The van der Waals surface area contributed by atoms with Crippen LogP contribution in [0.5, 0.6) is 0 Å². The Bertz CT molecular complexity index is 495. The largest absolute Gasteiger partial charge is 0.383 e. The summed E-state index contributed by atoms with van der Waals surface area (Å²) in [6, 6.07) is 9.84. The summed E-state index contributed by atoms with van der Waals surface area (Å²) in [4.78, 5) is 26.5. The minimum atomic E-state index is 0.0108. The van der Waals surface area contributed by atoms with E-state index in [9.17, 15) is 9.59 Å². The number of rotatable bonds is 8. The molecule has 6 heteroatoms. The van der Waals surface area contributed by atoms with Gasteiger partial charge in [0.05, 0.1) is 12.4 Å². The number of hydrogen-bond acceptors (Lipinski definition) is 4. The number of carbonyl (C=O) groups excluding carboxylic acids is 2. The van der Waals surface area contributed by atoms with Gasteiger partial charge in [0.15, 0.2) is 0 Å². The Labute approximate surface area is 135 Å². The minimum absolute atomic E-state index is 0.0108. The van der Waals surface area contributed by atoms with Gasteiger partial charge >= 0.3 is 0 Å². The molecule has 1 unspecified atom stereocenters. The van der Waals surface area contributed by atoms with Crippen LogP contribution in [0.25, 0.3) is 0 Å². The van der Waals surface area contributed by atoms with Gasteiger partial charge in [-0.15, -0.1) is 11.8 Å². The van der Waals surface area contributed by atoms with Crippen LogP contribution in [0.4, 0.5) is 0 Å². The monoisotopic (exact) mass is 322 g/mol. The first-order chi connectivity index (χ1) is 10.7. The van der Waals surface area contributed by atoms with Crippen molar-refractivity contribution in [1.29, 1.82) is 0 Å². The van der Waals surface area contributed by atoms with Crippen molar-refractivity contribution in [3.63, 3.8) is 0 Å². The van der Waals surface area contributed by atoms with Crippen LogP contribution in [-0.2, 0) is 14.3 Å². The van der Waals surface area contributed by atoms with E-state index in [1.165, 1.54) is 11.8 Å². The molecular weight excluding hydrogens is 300 g/mol. The number of nitrogens with zero attached hydrogens (tertiary/aromatic N) is 1. The summed E-state index contributed by atoms with van der Waals surface area (Å²) in [6.07, 6.45) is 0.510. The molecule has 0 aromatic heterocycles. The molecule has 5 nitrogen and oxygen atoms in total. The zero-order chi connectivity index (χ0) is 15.8. The van der Waals surface area contributed by atoms with Crippen molar-refractivity contribution in [3.8, 4) is 0 Å². The summed E-state index contributed by atoms with van der Waals surface area (Å²) < 4.78 is 4.99. The molecule has 0 aliphatic carbocycles. The van der Waals surface area contributed by atoms with Crippen LogP contribution >= 0.6 is 11.8 Å². The second kappa shape index (κ2) is 8.80. The Morgan fingerprint density at radius 3 is 2.91 bits per heavy atom. The SMILES string of the molecule is COCCN1CC(CNC(=O)CSc2ccccc2)CC1=O. The molecule has 2 amide bonds. The van der Waals surface area contributed by atoms with Crippen LogP contribution < -0.4 is 5.32 Å². The summed E-state index contributed by atoms with van der Waals surface area (Å²) in [6.45, 7) is 2.44. The van der Waals surface area contributed by atoms with Gasteiger partial charge < -0.3 is 15.0 Å². The van der Waals surface area contributed by atoms with Crippen molar-refractivity contribution in [3.05, 3.63) is 30.3 Å². The highest BCUT2D eigenvalue weighted by molar-refractivity contribution is 8.00. The molecule has 0 spiro atoms. The predicted octanol–water partition coefficient (Wildman–Crippen LogP) is 1.39. The number of nitrogens with one attached hydrogen (secondary N) is 1. The topological polar surface area (TPSA) is 58.6 Å². The Hall–Kier alpha value is -1.53. The van der Waals surface area contributed by atoms with Crippen LogP contribution in [0.2, 0.25) is 0 Å². The molecule has 1 aromatic rings. The van der Waals surface area contributed by atoms with E-state index in [-0.39, 0.29) is 17.7 Å². The molecule has 1 saturated heterocycles. The van der Waals surface area contributed by atoms with E-state index < -0.39 is 0 Å². The maximum absolute atomic E-state index is 11.9. The molecule has 1 atom stereocenters. The lowest BCUT2D eigenvalue weighted by molar-refractivity contribution is -0.128. The summed E-state index contributed by atoms with van der Waals surface area (Å²) in [5.41, 5.74) is 0. The van der Waals surface area contributed by atoms with Crippen molar-refractivity contribution >= 4 is 23.6 Å². The Kier molecular flexibility index (Phi) is 6.74. The molecule has 1 fully saturated rings. The number of carbonyl (C=O) groups is 2. The van der Waals surface area contributed by atoms with E-state index in [0.717, 1.165) is 4.90 Å². The summed E-state index contributed by atoms with van der Waals surface area (Å²) >= 11 is 1.52. The van der Waals surface area contributed by atoms with Crippen LogP contribution in [0.15, 0.2) is 35.2 Å². The van der Waals surface area contributed by atoms with E-state index in [4.69, 9.17) is 4.74 Å². The van der Waals surface area contributed by atoms with Crippen molar-refractivity contribution in [2.24, 2.45) is 5.92 Å². The maximum atomic E-state index is 11.9. The standard InChI is InChI=1S/C16H22N2O3S/c1-21-8-7-18-11-13(9-16(18)20)10-17-15(19)12-22-14-5-3-2-4-6-14/h2-6,13H,7-12H2,1H3,(H,17,19). The van der Waals surface area contributed by atoms with E-state index >= 15 is 0 Å². The van der Waals surface area contributed by atoms with E-state index in [2.05, 4.69) is 5.32 Å². The fourth-order valence-corrected chi connectivity index (χ4v) is 3.13. The quantitative estimate of drug-likeness (QED) is 0.735. The van der Waals surface area contributed by atoms with Crippen molar-refractivity contribution < 1.29 is 14.3 Å². The summed E-state index contributed by atoms with van der Waals surface area (Å²) in [7, 11) is 1.63. The molecule has 0 bridgehead atoms. The summed E-state index contributed by atoms with van der Waals surface area (Å²) in [5.74, 6) is 0.763. The second-order valence-electron chi connectivity index (χ2n) is 5.31. The number of methoxy groups -OCH3 is 1. The number of likely N-dealkylation sites (tertiary alicyclic amines) is 1. The minimum Gasteiger partial charge on any atom is -0.383 e. The van der Waals surface area contributed by atoms with Gasteiger partial charge in [0.1, 0.15) is 0 Å². The van der Waals surface area contributed by atoms with Crippen molar-refractivity contribution in [2.45, 2.75) is 11.3 Å². The molecule has 1 heterocycles. The molecule has 0 saturated carbocycles. The molecule has 1 aromatic carbocycles. The zero-order valence-corrected chi connectivity index (χ0v) is 13.6. The van der Waals surface area contributed by atoms with Gasteiger partial charge in [-0.2, -0.15) is 0 Å². The molecule has 22 heavy (non-hydrogen) atoms. The number of amides is 2. The number of hydrogen-bond donors (Lipinski definition) is 1. The lowest BCUT2D eigenvalue weighted by atomic mass is 10.1. The second-order valence-corrected chi connectivity index (χ2v) is 6.36. The first-order valence-electron chi connectivity index (χ1n) is 7.40. The molecule has 1 N–H and O–H groups in total. The molecule has 120 valence electrons. The van der Waals surface area contributed by atoms with Gasteiger partial charge in [-0.1, -0.05) is 18.2 Å². The Balaban J connectivity index is 1.65. The fourth-order valence-electron chi connectivity index (χ4n) is 2.38. The zero-order valence-electron chi connectivity index (χ0n) is 12.8. The fraction of sp³-hybridized carbons (Fsp3) is 0.500. The number of thioether (sulfide) groups is 1. The third-order valence-corrected chi connectivity index (χ3v) is 4.57. The molecular formula is C16H22N2O3S. The highest BCUT2D eigenvalue weighted by atomic mass is 32.2. The highest BCUT2D eigenvalue weighted by Crippen LogP contribution is 2.18. The maximum Gasteiger partial charge on any atom is 0.230 e. The predicted molar refractivity (Wildman–Crippen MR) is 86.7 cm³/mol. The van der Waals surface area contributed by atoms with Gasteiger partial charge in [-0.05, 0) is 12.1 Å². The average Bonchev–Trinajstić information content (AvgIpc) is 2.90. The van der Waals surface area contributed by atoms with E-state index in [1.807, 2.05) is 30.3 Å². The van der Waals surface area contributed by atoms with Gasteiger partial charge in [-0.3, -0.25) is 9.59 Å². The normalized spacial score (nSPS) is 17.8. The van der Waals surface area contributed by atoms with Gasteiger partial charge in [0, 0.05) is 44.0 Å². The number of benzene rings is 1. The first-order valence-corrected chi connectivity index (χ1v) is 8.39. The van der Waals surface area contributed by atoms with Crippen LogP contribution in [-0.4, -0.2) is 55.8 Å². The smallest absolute Gasteiger partial charge is 0.230 e. The number of ether oxygens (including phenoxy) is 1. The van der Waals surface area contributed by atoms with Gasteiger partial charge in [0.2, 0.25) is 11.8 Å². The lowest BCUT2D eigenvalue weighted by Crippen LogP contribution is -2.33. The molecule has 1 aliphatic rings. The molecule has 0 radical (unpaired) electrons. The first kappa shape index (κ1) is 16.8. The van der Waals surface area contributed by atoms with E-state index in [0.29, 0.717) is 38.4 Å². The Morgan fingerprint density at radius 1 is 1.41 bits per heavy atom. The summed E-state index contributed by atoms with van der Waals surface area (Å²) in [5, 5.41) is 2.92. The van der Waals surface area contributed by atoms with Crippen LogP contribution in [0, 0.1) is 5.92 Å². The van der Waals surface area contributed by atoms with Crippen LogP contribution in [0.3, 0.4) is 0 Å². The van der Waals surface area contributed by atoms with Crippen molar-refractivity contribution in [1.82, 2.24) is 10.2 Å². The van der Waals surface area contributed by atoms with E-state index in [1.54, 1.807) is 12.0 Å². The van der Waals surface area contributed by atoms with Gasteiger partial charge in [0.25, 0.3) is 0 Å². The molecule has 2 rings (SSSR count). The van der Waals surface area contributed by atoms with Crippen LogP contribution in [0.1, 0.15) is 6.42 Å². The third kappa shape index (κ3) is 5.35. The Morgan fingerprint density at radius 2 is 2.18 bits per heavy atom.